The average Bonchev–Trinajstić information content (AvgIpc) is 2.57. The smallest absolute Gasteiger partial charge is 0.191 e. The second-order valence-electron chi connectivity index (χ2n) is 6.20. The molecule has 0 unspecified atom stereocenters. The van der Waals surface area contributed by atoms with E-state index in [4.69, 9.17) is 11.6 Å². The second kappa shape index (κ2) is 7.84. The summed E-state index contributed by atoms with van der Waals surface area (Å²) in [7, 11) is 0. The maximum Gasteiger partial charge on any atom is 0.191 e. The Morgan fingerprint density at radius 3 is 2.82 bits per heavy atom. The molecule has 0 bridgehead atoms. The molecule has 0 amide bonds. The molecule has 2 heterocycles. The molecule has 0 aromatic heterocycles. The van der Waals surface area contributed by atoms with Gasteiger partial charge in [0, 0.05) is 31.2 Å². The third-order valence-electron chi connectivity index (χ3n) is 4.51. The van der Waals surface area contributed by atoms with Crippen molar-refractivity contribution in [2.75, 3.05) is 32.7 Å². The molecule has 0 radical (unpaired) electrons. The molecule has 1 fully saturated rings. The highest BCUT2D eigenvalue weighted by molar-refractivity contribution is 6.31. The summed E-state index contributed by atoms with van der Waals surface area (Å²) in [5.41, 5.74) is 1.24. The summed E-state index contributed by atoms with van der Waals surface area (Å²) in [5.74, 6) is 1.73. The van der Waals surface area contributed by atoms with Gasteiger partial charge in [0.1, 0.15) is 0 Å². The molecule has 120 valence electrons. The zero-order chi connectivity index (χ0) is 15.2. The minimum Gasteiger partial charge on any atom is -0.356 e. The molecule has 5 heteroatoms. The molecule has 2 aliphatic rings. The van der Waals surface area contributed by atoms with E-state index in [2.05, 4.69) is 32.7 Å². The van der Waals surface area contributed by atoms with E-state index in [0.717, 1.165) is 62.6 Å². The van der Waals surface area contributed by atoms with Crippen molar-refractivity contribution >= 4 is 17.6 Å². The van der Waals surface area contributed by atoms with Crippen LogP contribution in [0.25, 0.3) is 0 Å². The third-order valence-corrected chi connectivity index (χ3v) is 4.88. The Bertz CT molecular complexity index is 509. The van der Waals surface area contributed by atoms with Gasteiger partial charge in [-0.3, -0.25) is 9.89 Å². The number of halogens is 1. The lowest BCUT2D eigenvalue weighted by molar-refractivity contribution is 0.178. The van der Waals surface area contributed by atoms with Crippen molar-refractivity contribution in [2.24, 2.45) is 10.9 Å². The quantitative estimate of drug-likeness (QED) is 0.895. The average molecular weight is 321 g/mol. The number of hydrogen-bond acceptors (Lipinski definition) is 4. The fourth-order valence-electron chi connectivity index (χ4n) is 3.11. The maximum absolute atomic E-state index is 6.25. The van der Waals surface area contributed by atoms with Gasteiger partial charge in [0.15, 0.2) is 5.96 Å². The van der Waals surface area contributed by atoms with Crippen LogP contribution in [-0.4, -0.2) is 43.6 Å². The zero-order valence-corrected chi connectivity index (χ0v) is 13.8. The molecule has 0 saturated carbocycles. The highest BCUT2D eigenvalue weighted by atomic mass is 35.5. The van der Waals surface area contributed by atoms with Gasteiger partial charge in [0.25, 0.3) is 0 Å². The lowest BCUT2D eigenvalue weighted by Crippen LogP contribution is -2.44. The van der Waals surface area contributed by atoms with E-state index >= 15 is 0 Å². The molecule has 0 atom stereocenters. The summed E-state index contributed by atoms with van der Waals surface area (Å²) >= 11 is 6.25. The van der Waals surface area contributed by atoms with Gasteiger partial charge in [-0.05, 0) is 49.9 Å². The van der Waals surface area contributed by atoms with E-state index in [9.17, 15) is 0 Å². The van der Waals surface area contributed by atoms with Crippen molar-refractivity contribution in [1.82, 2.24) is 15.5 Å². The van der Waals surface area contributed by atoms with Crippen LogP contribution in [0.4, 0.5) is 0 Å². The number of benzene rings is 1. The van der Waals surface area contributed by atoms with E-state index in [1.165, 1.54) is 18.4 Å². The first kappa shape index (κ1) is 15.6. The van der Waals surface area contributed by atoms with Crippen LogP contribution >= 0.6 is 11.6 Å². The Kier molecular flexibility index (Phi) is 5.57. The number of nitrogens with zero attached hydrogens (tertiary/aromatic N) is 2. The van der Waals surface area contributed by atoms with Crippen molar-refractivity contribution in [3.63, 3.8) is 0 Å². The van der Waals surface area contributed by atoms with Gasteiger partial charge >= 0.3 is 0 Å². The Balaban J connectivity index is 1.40. The minimum absolute atomic E-state index is 0.744. The van der Waals surface area contributed by atoms with Gasteiger partial charge in [0.2, 0.25) is 0 Å². The van der Waals surface area contributed by atoms with Gasteiger partial charge in [-0.25, -0.2) is 0 Å². The van der Waals surface area contributed by atoms with Gasteiger partial charge in [-0.1, -0.05) is 29.8 Å². The molecule has 1 aromatic rings. The maximum atomic E-state index is 6.25. The lowest BCUT2D eigenvalue weighted by atomic mass is 9.96. The van der Waals surface area contributed by atoms with Crippen LogP contribution in [0.3, 0.4) is 0 Å². The van der Waals surface area contributed by atoms with E-state index in [1.54, 1.807) is 0 Å². The van der Waals surface area contributed by atoms with Gasteiger partial charge in [-0.2, -0.15) is 0 Å². The summed E-state index contributed by atoms with van der Waals surface area (Å²) in [6.45, 7) is 6.29. The Labute approximate surface area is 137 Å². The monoisotopic (exact) mass is 320 g/mol. The molecule has 3 rings (SSSR count). The number of piperidine rings is 1. The van der Waals surface area contributed by atoms with Gasteiger partial charge < -0.3 is 10.6 Å². The van der Waals surface area contributed by atoms with Crippen LogP contribution in [-0.2, 0) is 6.54 Å². The molecule has 0 aliphatic carbocycles. The van der Waals surface area contributed by atoms with Gasteiger partial charge in [-0.15, -0.1) is 0 Å². The van der Waals surface area contributed by atoms with Crippen LogP contribution in [0.1, 0.15) is 24.8 Å². The minimum atomic E-state index is 0.744. The molecule has 22 heavy (non-hydrogen) atoms. The first-order valence-corrected chi connectivity index (χ1v) is 8.67. The summed E-state index contributed by atoms with van der Waals surface area (Å²) in [4.78, 5) is 6.97. The lowest BCUT2D eigenvalue weighted by Gasteiger charge is -2.32. The highest BCUT2D eigenvalue weighted by Crippen LogP contribution is 2.21. The van der Waals surface area contributed by atoms with E-state index in [1.807, 2.05) is 12.1 Å². The van der Waals surface area contributed by atoms with Gasteiger partial charge in [0.05, 0.1) is 0 Å². The number of guanidine groups is 1. The SMILES string of the molecule is Clc1ccccc1CN1CCC(CNC2=NCCCN2)CC1. The molecular weight excluding hydrogens is 296 g/mol. The summed E-state index contributed by atoms with van der Waals surface area (Å²) in [5, 5.41) is 7.67. The summed E-state index contributed by atoms with van der Waals surface area (Å²) < 4.78 is 0. The number of hydrogen-bond donors (Lipinski definition) is 2. The van der Waals surface area contributed by atoms with E-state index in [0.29, 0.717) is 0 Å². The van der Waals surface area contributed by atoms with Crippen LogP contribution in [0.5, 0.6) is 0 Å². The normalized spacial score (nSPS) is 20.3. The zero-order valence-electron chi connectivity index (χ0n) is 13.0. The van der Waals surface area contributed by atoms with Crippen molar-refractivity contribution < 1.29 is 0 Å². The Morgan fingerprint density at radius 2 is 2.09 bits per heavy atom. The molecule has 4 nitrogen and oxygen atoms in total. The number of aliphatic imine (C=N–C) groups is 1. The molecule has 1 aromatic carbocycles. The number of nitrogens with one attached hydrogen (secondary N) is 2. The first-order chi connectivity index (χ1) is 10.8. The van der Waals surface area contributed by atoms with Crippen LogP contribution in [0.15, 0.2) is 29.3 Å². The number of rotatable bonds is 4. The van der Waals surface area contributed by atoms with E-state index < -0.39 is 0 Å². The fraction of sp³-hybridized carbons (Fsp3) is 0.588. The van der Waals surface area contributed by atoms with Crippen LogP contribution in [0.2, 0.25) is 5.02 Å². The highest BCUT2D eigenvalue weighted by Gasteiger charge is 2.20. The molecule has 0 spiro atoms. The molecule has 2 aliphatic heterocycles. The largest absolute Gasteiger partial charge is 0.356 e. The molecular formula is C17H25ClN4. The second-order valence-corrected chi connectivity index (χ2v) is 6.61. The van der Waals surface area contributed by atoms with Crippen LogP contribution in [0, 0.1) is 5.92 Å². The van der Waals surface area contributed by atoms with Crippen LogP contribution < -0.4 is 10.6 Å². The Hall–Kier alpha value is -1.26. The van der Waals surface area contributed by atoms with Crippen molar-refractivity contribution in [3.8, 4) is 0 Å². The predicted octanol–water partition coefficient (Wildman–Crippen LogP) is 2.49. The predicted molar refractivity (Wildman–Crippen MR) is 92.4 cm³/mol. The van der Waals surface area contributed by atoms with Crippen molar-refractivity contribution in [1.29, 1.82) is 0 Å². The summed E-state index contributed by atoms with van der Waals surface area (Å²) in [6, 6.07) is 8.16. The van der Waals surface area contributed by atoms with Crippen molar-refractivity contribution in [2.45, 2.75) is 25.8 Å². The molecule has 2 N–H and O–H groups in total. The fourth-order valence-corrected chi connectivity index (χ4v) is 3.30. The number of likely N-dealkylation sites (tertiary alicyclic amines) is 1. The molecule has 1 saturated heterocycles. The summed E-state index contributed by atoms with van der Waals surface area (Å²) in [6.07, 6.45) is 3.63. The van der Waals surface area contributed by atoms with E-state index in [-0.39, 0.29) is 0 Å². The Morgan fingerprint density at radius 1 is 1.27 bits per heavy atom. The first-order valence-electron chi connectivity index (χ1n) is 8.29. The topological polar surface area (TPSA) is 39.7 Å². The van der Waals surface area contributed by atoms with Crippen molar-refractivity contribution in [3.05, 3.63) is 34.9 Å². The third kappa shape index (κ3) is 4.37. The standard InChI is InChI=1S/C17H25ClN4/c18-16-5-2-1-4-15(16)13-22-10-6-14(7-11-22)12-21-17-19-8-3-9-20-17/h1-2,4-5,14H,3,6-13H2,(H2,19,20,21).